The van der Waals surface area contributed by atoms with E-state index in [9.17, 15) is 4.79 Å². The van der Waals surface area contributed by atoms with Gasteiger partial charge in [0, 0.05) is 32.3 Å². The number of hydrogen-bond donors (Lipinski definition) is 2. The van der Waals surface area contributed by atoms with Crippen LogP contribution in [-0.4, -0.2) is 44.0 Å². The third-order valence-electron chi connectivity index (χ3n) is 4.65. The van der Waals surface area contributed by atoms with Crippen LogP contribution in [0.2, 0.25) is 0 Å². The minimum atomic E-state index is -0.462. The Morgan fingerprint density at radius 1 is 1.35 bits per heavy atom. The molecule has 3 unspecified atom stereocenters. The van der Waals surface area contributed by atoms with Gasteiger partial charge in [-0.25, -0.2) is 4.79 Å². The summed E-state index contributed by atoms with van der Waals surface area (Å²) in [5.74, 6) is 0.980. The van der Waals surface area contributed by atoms with E-state index in [0.29, 0.717) is 18.4 Å². The highest BCUT2D eigenvalue weighted by Gasteiger charge is 2.38. The summed E-state index contributed by atoms with van der Waals surface area (Å²) in [6.07, 6.45) is 4.42. The van der Waals surface area contributed by atoms with Crippen LogP contribution in [0.25, 0.3) is 0 Å². The molecule has 2 N–H and O–H groups in total. The van der Waals surface area contributed by atoms with Crippen molar-refractivity contribution < 1.29 is 14.3 Å². The van der Waals surface area contributed by atoms with Crippen LogP contribution in [0.1, 0.15) is 60.3 Å². The Balaban J connectivity index is 2.63. The summed E-state index contributed by atoms with van der Waals surface area (Å²) in [7, 11) is 1.74. The lowest BCUT2D eigenvalue weighted by molar-refractivity contribution is 0.0474. The average Bonchev–Trinajstić information content (AvgIpc) is 2.44. The van der Waals surface area contributed by atoms with Gasteiger partial charge in [-0.05, 0) is 45.4 Å². The second-order valence-corrected chi connectivity index (χ2v) is 8.10. The monoisotopic (exact) mass is 328 g/mol. The van der Waals surface area contributed by atoms with Crippen LogP contribution >= 0.6 is 0 Å². The van der Waals surface area contributed by atoms with Crippen LogP contribution in [-0.2, 0) is 9.47 Å². The Hall–Kier alpha value is -0.810. The first kappa shape index (κ1) is 20.2. The molecule has 23 heavy (non-hydrogen) atoms. The van der Waals surface area contributed by atoms with Crippen molar-refractivity contribution in [3.63, 3.8) is 0 Å². The minimum absolute atomic E-state index is 0.0445. The van der Waals surface area contributed by atoms with Crippen LogP contribution in [0.3, 0.4) is 0 Å². The topological polar surface area (TPSA) is 59.6 Å². The third-order valence-corrected chi connectivity index (χ3v) is 4.65. The Morgan fingerprint density at radius 2 is 2.04 bits per heavy atom. The molecule has 0 saturated heterocycles. The summed E-state index contributed by atoms with van der Waals surface area (Å²) in [6.45, 7) is 12.4. The first-order valence-corrected chi connectivity index (χ1v) is 8.89. The lowest BCUT2D eigenvalue weighted by atomic mass is 9.73. The second kappa shape index (κ2) is 8.88. The van der Waals surface area contributed by atoms with Crippen molar-refractivity contribution in [2.45, 2.75) is 71.4 Å². The van der Waals surface area contributed by atoms with Crippen molar-refractivity contribution in [3.05, 3.63) is 0 Å². The van der Waals surface area contributed by atoms with Gasteiger partial charge in [-0.1, -0.05) is 26.7 Å². The van der Waals surface area contributed by atoms with Crippen molar-refractivity contribution in [2.24, 2.45) is 11.8 Å². The molecular formula is C18H36N2O3. The van der Waals surface area contributed by atoms with Crippen molar-refractivity contribution >= 4 is 6.09 Å². The SMILES string of the molecule is COCC(C)CNC1(CNC(=O)OC(C)(C)C)CCCCC1C. The predicted molar refractivity (Wildman–Crippen MR) is 93.6 cm³/mol. The van der Waals surface area contributed by atoms with Gasteiger partial charge in [-0.3, -0.25) is 0 Å². The lowest BCUT2D eigenvalue weighted by Crippen LogP contribution is -2.60. The summed E-state index contributed by atoms with van der Waals surface area (Å²) in [5.41, 5.74) is -0.507. The van der Waals surface area contributed by atoms with E-state index in [1.807, 2.05) is 20.8 Å². The molecule has 0 bridgehead atoms. The van der Waals surface area contributed by atoms with Gasteiger partial charge in [0.15, 0.2) is 0 Å². The zero-order chi connectivity index (χ0) is 17.5. The average molecular weight is 328 g/mol. The number of hydrogen-bond acceptors (Lipinski definition) is 4. The molecule has 0 aromatic rings. The van der Waals surface area contributed by atoms with Gasteiger partial charge < -0.3 is 20.1 Å². The number of nitrogens with one attached hydrogen (secondary N) is 2. The van der Waals surface area contributed by atoms with Gasteiger partial charge in [0.1, 0.15) is 5.60 Å². The van der Waals surface area contributed by atoms with Crippen molar-refractivity contribution in [1.82, 2.24) is 10.6 Å². The molecule has 3 atom stereocenters. The number of ether oxygens (including phenoxy) is 2. The fourth-order valence-electron chi connectivity index (χ4n) is 3.27. The van der Waals surface area contributed by atoms with Gasteiger partial charge in [0.05, 0.1) is 0 Å². The molecule has 1 saturated carbocycles. The fraction of sp³-hybridized carbons (Fsp3) is 0.944. The largest absolute Gasteiger partial charge is 0.444 e. The Kier molecular flexibility index (Phi) is 7.81. The zero-order valence-corrected chi connectivity index (χ0v) is 15.8. The molecule has 5 nitrogen and oxygen atoms in total. The zero-order valence-electron chi connectivity index (χ0n) is 15.8. The van der Waals surface area contributed by atoms with E-state index in [-0.39, 0.29) is 11.6 Å². The first-order chi connectivity index (χ1) is 10.7. The number of carbonyl (C=O) groups is 1. The van der Waals surface area contributed by atoms with E-state index in [4.69, 9.17) is 9.47 Å². The quantitative estimate of drug-likeness (QED) is 0.752. The number of methoxy groups -OCH3 is 1. The molecular weight excluding hydrogens is 292 g/mol. The molecule has 0 aliphatic heterocycles. The maximum Gasteiger partial charge on any atom is 0.407 e. The van der Waals surface area contributed by atoms with Crippen molar-refractivity contribution in [2.75, 3.05) is 26.8 Å². The molecule has 5 heteroatoms. The van der Waals surface area contributed by atoms with Crippen LogP contribution in [0.4, 0.5) is 4.79 Å². The maximum atomic E-state index is 12.0. The fourth-order valence-corrected chi connectivity index (χ4v) is 3.27. The Bertz CT molecular complexity index is 368. The van der Waals surface area contributed by atoms with Crippen LogP contribution < -0.4 is 10.6 Å². The van der Waals surface area contributed by atoms with Crippen molar-refractivity contribution in [3.8, 4) is 0 Å². The maximum absolute atomic E-state index is 12.0. The van der Waals surface area contributed by atoms with Gasteiger partial charge in [0.2, 0.25) is 0 Å². The highest BCUT2D eigenvalue weighted by Crippen LogP contribution is 2.33. The molecule has 0 aromatic carbocycles. The van der Waals surface area contributed by atoms with Gasteiger partial charge >= 0.3 is 6.09 Å². The second-order valence-electron chi connectivity index (χ2n) is 8.10. The molecule has 1 rings (SSSR count). The molecule has 0 heterocycles. The summed E-state index contributed by atoms with van der Waals surface area (Å²) in [4.78, 5) is 12.0. The summed E-state index contributed by atoms with van der Waals surface area (Å²) in [5, 5.41) is 6.72. The van der Waals surface area contributed by atoms with E-state index in [2.05, 4.69) is 24.5 Å². The first-order valence-electron chi connectivity index (χ1n) is 8.89. The minimum Gasteiger partial charge on any atom is -0.444 e. The number of rotatable bonds is 7. The Morgan fingerprint density at radius 3 is 2.61 bits per heavy atom. The lowest BCUT2D eigenvalue weighted by Gasteiger charge is -2.44. The molecule has 0 spiro atoms. The number of amides is 1. The molecule has 1 aliphatic rings. The summed E-state index contributed by atoms with van der Waals surface area (Å²) in [6, 6.07) is 0. The molecule has 1 aliphatic carbocycles. The van der Waals surface area contributed by atoms with Crippen molar-refractivity contribution in [1.29, 1.82) is 0 Å². The summed E-state index contributed by atoms with van der Waals surface area (Å²) >= 11 is 0. The van der Waals surface area contributed by atoms with E-state index in [1.54, 1.807) is 7.11 Å². The highest BCUT2D eigenvalue weighted by atomic mass is 16.6. The standard InChI is InChI=1S/C18H36N2O3/c1-14(12-22-6)11-20-18(10-8-7-9-15(18)2)13-19-16(21)23-17(3,4)5/h14-15,20H,7-13H2,1-6H3,(H,19,21). The van der Waals surface area contributed by atoms with E-state index in [1.165, 1.54) is 19.3 Å². The molecule has 1 fully saturated rings. The van der Waals surface area contributed by atoms with Gasteiger partial charge in [-0.2, -0.15) is 0 Å². The molecule has 0 radical (unpaired) electrons. The van der Waals surface area contributed by atoms with Crippen LogP contribution in [0, 0.1) is 11.8 Å². The molecule has 136 valence electrons. The van der Waals surface area contributed by atoms with Gasteiger partial charge in [-0.15, -0.1) is 0 Å². The number of alkyl carbamates (subject to hydrolysis) is 1. The predicted octanol–water partition coefficient (Wildman–Crippen LogP) is 3.33. The van der Waals surface area contributed by atoms with E-state index >= 15 is 0 Å². The highest BCUT2D eigenvalue weighted by molar-refractivity contribution is 5.67. The van der Waals surface area contributed by atoms with E-state index in [0.717, 1.165) is 19.6 Å². The molecule has 0 aromatic heterocycles. The molecule has 1 amide bonds. The van der Waals surface area contributed by atoms with Crippen LogP contribution in [0.15, 0.2) is 0 Å². The van der Waals surface area contributed by atoms with Gasteiger partial charge in [0.25, 0.3) is 0 Å². The van der Waals surface area contributed by atoms with Crippen LogP contribution in [0.5, 0.6) is 0 Å². The van der Waals surface area contributed by atoms with E-state index < -0.39 is 5.60 Å². The third kappa shape index (κ3) is 7.08. The number of carbonyl (C=O) groups excluding carboxylic acids is 1. The Labute approximate surface area is 141 Å². The normalized spacial score (nSPS) is 26.6. The summed E-state index contributed by atoms with van der Waals surface area (Å²) < 4.78 is 10.6. The smallest absolute Gasteiger partial charge is 0.407 e.